The summed E-state index contributed by atoms with van der Waals surface area (Å²) >= 11 is 6.84. The van der Waals surface area contributed by atoms with E-state index in [2.05, 4.69) is 32.3 Å². The second-order valence-corrected chi connectivity index (χ2v) is 9.11. The van der Waals surface area contributed by atoms with Gasteiger partial charge in [-0.25, -0.2) is 4.68 Å². The number of allylic oxidation sites excluding steroid dienone is 1. The van der Waals surface area contributed by atoms with Crippen molar-refractivity contribution >= 4 is 29.2 Å². The van der Waals surface area contributed by atoms with E-state index in [0.717, 1.165) is 22.5 Å². The SMILES string of the molecule is Cc1ccc(C)c(-n2nc(C)c(/C=C(\C#N)c3nnc(N4CCOCC4)n3-c3ccccc3)c2Cl)c1. The number of benzene rings is 2. The van der Waals surface area contributed by atoms with Gasteiger partial charge in [0.05, 0.1) is 35.9 Å². The molecular weight excluding hydrogens is 474 g/mol. The van der Waals surface area contributed by atoms with E-state index in [1.165, 1.54) is 0 Å². The van der Waals surface area contributed by atoms with Crippen molar-refractivity contribution in [1.29, 1.82) is 5.26 Å². The highest BCUT2D eigenvalue weighted by Crippen LogP contribution is 2.31. The highest BCUT2D eigenvalue weighted by molar-refractivity contribution is 6.31. The van der Waals surface area contributed by atoms with Gasteiger partial charge in [0, 0.05) is 18.7 Å². The van der Waals surface area contributed by atoms with Crippen molar-refractivity contribution in [2.24, 2.45) is 0 Å². The van der Waals surface area contributed by atoms with Crippen molar-refractivity contribution in [1.82, 2.24) is 24.5 Å². The van der Waals surface area contributed by atoms with Crippen molar-refractivity contribution in [2.45, 2.75) is 20.8 Å². The Balaban J connectivity index is 1.64. The lowest BCUT2D eigenvalue weighted by atomic mass is 10.1. The molecule has 0 atom stereocenters. The number of morpholine rings is 1. The Kier molecular flexibility index (Phi) is 6.59. The molecule has 0 amide bonds. The van der Waals surface area contributed by atoms with E-state index in [1.807, 2.05) is 67.8 Å². The average Bonchev–Trinajstić information content (AvgIpc) is 3.46. The van der Waals surface area contributed by atoms with Gasteiger partial charge in [-0.2, -0.15) is 10.4 Å². The molecular formula is C27H26ClN7O. The van der Waals surface area contributed by atoms with E-state index >= 15 is 0 Å². The normalized spacial score (nSPS) is 14.2. The molecule has 2 aromatic heterocycles. The van der Waals surface area contributed by atoms with Gasteiger partial charge in [-0.3, -0.25) is 4.57 Å². The van der Waals surface area contributed by atoms with E-state index in [-0.39, 0.29) is 0 Å². The van der Waals surface area contributed by atoms with Crippen molar-refractivity contribution in [2.75, 3.05) is 31.2 Å². The monoisotopic (exact) mass is 499 g/mol. The Bertz CT molecular complexity index is 1470. The first-order valence-corrected chi connectivity index (χ1v) is 12.1. The molecule has 1 saturated heterocycles. The Hall–Kier alpha value is -3.93. The van der Waals surface area contributed by atoms with Crippen LogP contribution in [0.5, 0.6) is 0 Å². The maximum Gasteiger partial charge on any atom is 0.232 e. The predicted octanol–water partition coefficient (Wildman–Crippen LogP) is 4.93. The molecule has 1 aliphatic heterocycles. The summed E-state index contributed by atoms with van der Waals surface area (Å²) in [5.74, 6) is 1.12. The predicted molar refractivity (Wildman–Crippen MR) is 141 cm³/mol. The maximum absolute atomic E-state index is 10.2. The third-order valence-electron chi connectivity index (χ3n) is 6.25. The number of aryl methyl sites for hydroxylation is 3. The molecule has 182 valence electrons. The molecule has 5 rings (SSSR count). The second kappa shape index (κ2) is 9.97. The molecule has 0 radical (unpaired) electrons. The molecule has 1 aliphatic rings. The highest BCUT2D eigenvalue weighted by atomic mass is 35.5. The summed E-state index contributed by atoms with van der Waals surface area (Å²) in [6.45, 7) is 8.57. The molecule has 3 heterocycles. The number of aromatic nitrogens is 5. The topological polar surface area (TPSA) is 84.8 Å². The van der Waals surface area contributed by atoms with Crippen LogP contribution in [0.1, 0.15) is 28.2 Å². The van der Waals surface area contributed by atoms with Crippen molar-refractivity contribution in [3.63, 3.8) is 0 Å². The molecule has 0 saturated carbocycles. The van der Waals surface area contributed by atoms with Crippen LogP contribution in [0, 0.1) is 32.1 Å². The lowest BCUT2D eigenvalue weighted by Crippen LogP contribution is -2.38. The fourth-order valence-corrected chi connectivity index (χ4v) is 4.63. The Morgan fingerprint density at radius 1 is 1.06 bits per heavy atom. The maximum atomic E-state index is 10.2. The van der Waals surface area contributed by atoms with E-state index in [1.54, 1.807) is 10.8 Å². The smallest absolute Gasteiger partial charge is 0.232 e. The Morgan fingerprint density at radius 3 is 2.53 bits per heavy atom. The third-order valence-corrected chi connectivity index (χ3v) is 6.61. The lowest BCUT2D eigenvalue weighted by molar-refractivity contribution is 0.122. The standard InChI is InChI=1S/C27H26ClN7O/c1-18-9-10-19(2)24(15-18)35-25(28)23(20(3)32-35)16-21(17-29)26-30-31-27(33-11-13-36-14-12-33)34(26)22-7-5-4-6-8-22/h4-10,15-16H,11-14H2,1-3H3/b21-16+. The van der Waals surface area contributed by atoms with Gasteiger partial charge in [-0.05, 0) is 56.2 Å². The van der Waals surface area contributed by atoms with Gasteiger partial charge >= 0.3 is 0 Å². The summed E-state index contributed by atoms with van der Waals surface area (Å²) in [7, 11) is 0. The summed E-state index contributed by atoms with van der Waals surface area (Å²) in [6.07, 6.45) is 1.75. The van der Waals surface area contributed by atoms with Crippen LogP contribution < -0.4 is 4.90 Å². The van der Waals surface area contributed by atoms with Crippen LogP contribution in [0.15, 0.2) is 48.5 Å². The zero-order chi connectivity index (χ0) is 25.2. The van der Waals surface area contributed by atoms with Crippen LogP contribution in [0.3, 0.4) is 0 Å². The van der Waals surface area contributed by atoms with Gasteiger partial charge in [0.25, 0.3) is 0 Å². The first-order valence-electron chi connectivity index (χ1n) is 11.8. The average molecular weight is 500 g/mol. The number of halogens is 1. The molecule has 0 aliphatic carbocycles. The lowest BCUT2D eigenvalue weighted by Gasteiger charge is -2.28. The van der Waals surface area contributed by atoms with Gasteiger partial charge < -0.3 is 9.64 Å². The minimum absolute atomic E-state index is 0.344. The van der Waals surface area contributed by atoms with Crippen LogP contribution in [-0.4, -0.2) is 50.8 Å². The summed E-state index contributed by atoms with van der Waals surface area (Å²) in [5, 5.41) is 24.3. The molecule has 0 spiro atoms. The van der Waals surface area contributed by atoms with Crippen molar-refractivity contribution in [3.8, 4) is 17.4 Å². The summed E-state index contributed by atoms with van der Waals surface area (Å²) in [5.41, 5.74) is 5.67. The zero-order valence-corrected chi connectivity index (χ0v) is 21.2. The van der Waals surface area contributed by atoms with Crippen LogP contribution in [0.25, 0.3) is 23.0 Å². The van der Waals surface area contributed by atoms with Gasteiger partial charge in [0.2, 0.25) is 5.95 Å². The molecule has 36 heavy (non-hydrogen) atoms. The molecule has 8 nitrogen and oxygen atoms in total. The molecule has 0 unspecified atom stereocenters. The zero-order valence-electron chi connectivity index (χ0n) is 20.4. The number of anilines is 1. The fraction of sp³-hybridized carbons (Fsp3) is 0.259. The largest absolute Gasteiger partial charge is 0.378 e. The van der Waals surface area contributed by atoms with Gasteiger partial charge in [0.1, 0.15) is 11.2 Å². The highest BCUT2D eigenvalue weighted by Gasteiger charge is 2.24. The Labute approximate surface area is 215 Å². The number of nitriles is 1. The van der Waals surface area contributed by atoms with Crippen LogP contribution >= 0.6 is 11.6 Å². The second-order valence-electron chi connectivity index (χ2n) is 8.76. The quantitative estimate of drug-likeness (QED) is 0.362. The minimum atomic E-state index is 0.344. The molecule has 0 bridgehead atoms. The molecule has 0 N–H and O–H groups in total. The molecule has 1 fully saturated rings. The van der Waals surface area contributed by atoms with E-state index < -0.39 is 0 Å². The fourth-order valence-electron chi connectivity index (χ4n) is 4.31. The molecule has 4 aromatic rings. The molecule has 2 aromatic carbocycles. The van der Waals surface area contributed by atoms with Crippen LogP contribution in [0.2, 0.25) is 5.15 Å². The van der Waals surface area contributed by atoms with Gasteiger partial charge in [0.15, 0.2) is 5.82 Å². The van der Waals surface area contributed by atoms with Crippen molar-refractivity contribution < 1.29 is 4.74 Å². The number of para-hydroxylation sites is 1. The number of hydrogen-bond acceptors (Lipinski definition) is 6. The summed E-state index contributed by atoms with van der Waals surface area (Å²) in [6, 6.07) is 18.3. The first-order chi connectivity index (χ1) is 17.5. The van der Waals surface area contributed by atoms with E-state index in [4.69, 9.17) is 16.3 Å². The van der Waals surface area contributed by atoms with E-state index in [9.17, 15) is 5.26 Å². The summed E-state index contributed by atoms with van der Waals surface area (Å²) < 4.78 is 9.15. The van der Waals surface area contributed by atoms with Gasteiger partial charge in [-0.1, -0.05) is 41.9 Å². The number of ether oxygens (including phenoxy) is 1. The minimum Gasteiger partial charge on any atom is -0.378 e. The van der Waals surface area contributed by atoms with Crippen LogP contribution in [0.4, 0.5) is 5.95 Å². The molecule has 9 heteroatoms. The number of hydrogen-bond donors (Lipinski definition) is 0. The van der Waals surface area contributed by atoms with Gasteiger partial charge in [-0.15, -0.1) is 10.2 Å². The number of rotatable bonds is 5. The van der Waals surface area contributed by atoms with E-state index in [0.29, 0.717) is 60.1 Å². The van der Waals surface area contributed by atoms with Crippen molar-refractivity contribution in [3.05, 3.63) is 81.9 Å². The van der Waals surface area contributed by atoms with Crippen LogP contribution in [-0.2, 0) is 4.74 Å². The Morgan fingerprint density at radius 2 is 1.81 bits per heavy atom. The number of nitrogens with zero attached hydrogens (tertiary/aromatic N) is 7. The third kappa shape index (κ3) is 4.39. The summed E-state index contributed by atoms with van der Waals surface area (Å²) in [4.78, 5) is 2.12. The first kappa shape index (κ1) is 23.8.